The Bertz CT molecular complexity index is 1070. The Morgan fingerprint density at radius 2 is 1.69 bits per heavy atom. The average molecular weight is 455 g/mol. The van der Waals surface area contributed by atoms with Crippen LogP contribution in [0, 0.1) is 5.82 Å². The van der Waals surface area contributed by atoms with Crippen molar-refractivity contribution in [2.75, 3.05) is 6.61 Å². The van der Waals surface area contributed by atoms with E-state index in [2.05, 4.69) is 0 Å². The molecule has 0 heterocycles. The number of primary amides is 1. The SMILES string of the molecule is NC(=O)COc1cc(Cl)c(Cc2ccc(O)c(-c3ccc(F)c(Cl)c3)c2)c(Cl)c1. The van der Waals surface area contributed by atoms with Crippen molar-refractivity contribution in [1.29, 1.82) is 0 Å². The zero-order valence-corrected chi connectivity index (χ0v) is 17.2. The van der Waals surface area contributed by atoms with Crippen molar-refractivity contribution in [2.24, 2.45) is 5.73 Å². The summed E-state index contributed by atoms with van der Waals surface area (Å²) in [5.74, 6) is -0.791. The summed E-state index contributed by atoms with van der Waals surface area (Å²) in [7, 11) is 0. The molecule has 1 amide bonds. The number of amides is 1. The topological polar surface area (TPSA) is 72.6 Å². The lowest BCUT2D eigenvalue weighted by Gasteiger charge is -2.13. The number of ether oxygens (including phenoxy) is 1. The maximum atomic E-state index is 13.4. The summed E-state index contributed by atoms with van der Waals surface area (Å²) in [5.41, 5.74) is 7.59. The standard InChI is InChI=1S/C21H15Cl3FNO3/c22-16-8-13(29-10-21(26)28)9-17(23)15(16)6-11-1-4-20(27)14(5-11)12-2-3-19(25)18(24)7-12/h1-5,7-9,27H,6,10H2,(H2,26,28). The number of carbonyl (C=O) groups excluding carboxylic acids is 1. The Balaban J connectivity index is 1.91. The van der Waals surface area contributed by atoms with Gasteiger partial charge in [0.2, 0.25) is 0 Å². The maximum absolute atomic E-state index is 13.4. The number of hydrogen-bond acceptors (Lipinski definition) is 3. The molecule has 0 fully saturated rings. The number of nitrogens with two attached hydrogens (primary N) is 1. The second-order valence-corrected chi connectivity index (χ2v) is 7.50. The quantitative estimate of drug-likeness (QED) is 0.508. The Labute approximate surface area is 181 Å². The van der Waals surface area contributed by atoms with Gasteiger partial charge in [-0.25, -0.2) is 4.39 Å². The zero-order valence-electron chi connectivity index (χ0n) is 14.9. The van der Waals surface area contributed by atoms with Crippen LogP contribution in [0.3, 0.4) is 0 Å². The van der Waals surface area contributed by atoms with Gasteiger partial charge in [0.05, 0.1) is 5.02 Å². The van der Waals surface area contributed by atoms with Crippen LogP contribution in [0.1, 0.15) is 11.1 Å². The average Bonchev–Trinajstić information content (AvgIpc) is 2.66. The maximum Gasteiger partial charge on any atom is 0.255 e. The lowest BCUT2D eigenvalue weighted by Crippen LogP contribution is -2.20. The first kappa shape index (κ1) is 21.2. The first-order valence-electron chi connectivity index (χ1n) is 8.41. The van der Waals surface area contributed by atoms with Gasteiger partial charge in [0.1, 0.15) is 17.3 Å². The second-order valence-electron chi connectivity index (χ2n) is 6.28. The Morgan fingerprint density at radius 1 is 1.00 bits per heavy atom. The molecule has 3 rings (SSSR count). The number of carbonyl (C=O) groups is 1. The van der Waals surface area contributed by atoms with Gasteiger partial charge in [-0.15, -0.1) is 0 Å². The highest BCUT2D eigenvalue weighted by Gasteiger charge is 2.13. The van der Waals surface area contributed by atoms with Crippen molar-refractivity contribution >= 4 is 40.7 Å². The monoisotopic (exact) mass is 453 g/mol. The highest BCUT2D eigenvalue weighted by molar-refractivity contribution is 6.36. The number of benzene rings is 3. The van der Waals surface area contributed by atoms with Gasteiger partial charge in [-0.1, -0.05) is 46.9 Å². The van der Waals surface area contributed by atoms with Crippen LogP contribution in [0.2, 0.25) is 15.1 Å². The summed E-state index contributed by atoms with van der Waals surface area (Å²) in [6.07, 6.45) is 0.371. The van der Waals surface area contributed by atoms with Gasteiger partial charge >= 0.3 is 0 Å². The Kier molecular flexibility index (Phi) is 6.52. The Morgan fingerprint density at radius 3 is 2.31 bits per heavy atom. The van der Waals surface area contributed by atoms with E-state index in [9.17, 15) is 14.3 Å². The van der Waals surface area contributed by atoms with E-state index >= 15 is 0 Å². The van der Waals surface area contributed by atoms with Crippen LogP contribution >= 0.6 is 34.8 Å². The van der Waals surface area contributed by atoms with E-state index in [1.165, 1.54) is 24.3 Å². The minimum absolute atomic E-state index is 0.0313. The first-order chi connectivity index (χ1) is 13.7. The number of phenols is 1. The van der Waals surface area contributed by atoms with Crippen molar-refractivity contribution in [3.63, 3.8) is 0 Å². The molecule has 0 saturated carbocycles. The molecule has 0 aromatic heterocycles. The summed E-state index contributed by atoms with van der Waals surface area (Å²) >= 11 is 18.5. The van der Waals surface area contributed by atoms with E-state index in [1.54, 1.807) is 24.3 Å². The molecule has 0 unspecified atom stereocenters. The summed E-state index contributed by atoms with van der Waals surface area (Å²) in [5, 5.41) is 10.9. The molecule has 0 atom stereocenters. The number of aromatic hydroxyl groups is 1. The molecule has 0 saturated heterocycles. The fraction of sp³-hybridized carbons (Fsp3) is 0.0952. The number of hydrogen-bond donors (Lipinski definition) is 2. The van der Waals surface area contributed by atoms with Crippen molar-refractivity contribution in [1.82, 2.24) is 0 Å². The fourth-order valence-corrected chi connectivity index (χ4v) is 3.56. The summed E-state index contributed by atoms with van der Waals surface area (Å²) < 4.78 is 18.7. The summed E-state index contributed by atoms with van der Waals surface area (Å²) in [6.45, 7) is -0.284. The molecular formula is C21H15Cl3FNO3. The lowest BCUT2D eigenvalue weighted by atomic mass is 9.98. The largest absolute Gasteiger partial charge is 0.507 e. The minimum Gasteiger partial charge on any atom is -0.507 e. The van der Waals surface area contributed by atoms with E-state index in [-0.39, 0.29) is 17.4 Å². The van der Waals surface area contributed by atoms with E-state index in [0.29, 0.717) is 38.9 Å². The predicted octanol–water partition coefficient (Wildman–Crippen LogP) is 5.61. The van der Waals surface area contributed by atoms with Crippen LogP contribution in [0.15, 0.2) is 48.5 Å². The number of rotatable bonds is 6. The molecule has 0 aliphatic heterocycles. The molecule has 0 radical (unpaired) electrons. The van der Waals surface area contributed by atoms with Gasteiger partial charge in [-0.3, -0.25) is 4.79 Å². The van der Waals surface area contributed by atoms with E-state index in [1.807, 2.05) is 0 Å². The minimum atomic E-state index is -0.612. The van der Waals surface area contributed by atoms with Crippen molar-refractivity contribution in [3.05, 3.63) is 80.5 Å². The molecule has 4 nitrogen and oxygen atoms in total. The number of phenolic OH excluding ortho intramolecular Hbond substituents is 1. The highest BCUT2D eigenvalue weighted by atomic mass is 35.5. The number of halogens is 4. The molecule has 3 aromatic carbocycles. The normalized spacial score (nSPS) is 10.8. The molecule has 3 aromatic rings. The highest BCUT2D eigenvalue weighted by Crippen LogP contribution is 2.36. The molecular weight excluding hydrogens is 440 g/mol. The summed E-state index contributed by atoms with van der Waals surface area (Å²) in [6, 6.07) is 12.3. The van der Waals surface area contributed by atoms with Crippen molar-refractivity contribution in [2.45, 2.75) is 6.42 Å². The van der Waals surface area contributed by atoms with Gasteiger partial charge < -0.3 is 15.6 Å². The van der Waals surface area contributed by atoms with Crippen molar-refractivity contribution in [3.8, 4) is 22.6 Å². The predicted molar refractivity (Wildman–Crippen MR) is 112 cm³/mol. The van der Waals surface area contributed by atoms with Gasteiger partial charge in [-0.05, 0) is 53.1 Å². The van der Waals surface area contributed by atoms with Crippen LogP contribution < -0.4 is 10.5 Å². The third kappa shape index (κ3) is 5.12. The van der Waals surface area contributed by atoms with Crippen LogP contribution in [-0.2, 0) is 11.2 Å². The molecule has 3 N–H and O–H groups in total. The molecule has 0 spiro atoms. The smallest absolute Gasteiger partial charge is 0.255 e. The van der Waals surface area contributed by atoms with E-state index in [4.69, 9.17) is 45.3 Å². The third-order valence-corrected chi connectivity index (χ3v) is 5.13. The van der Waals surface area contributed by atoms with Gasteiger partial charge in [-0.2, -0.15) is 0 Å². The second kappa shape index (κ2) is 8.91. The van der Waals surface area contributed by atoms with Crippen molar-refractivity contribution < 1.29 is 19.0 Å². The fourth-order valence-electron chi connectivity index (χ4n) is 2.78. The van der Waals surface area contributed by atoms with Gasteiger partial charge in [0.15, 0.2) is 6.61 Å². The molecule has 0 aliphatic rings. The van der Waals surface area contributed by atoms with Gasteiger partial charge in [0, 0.05) is 22.0 Å². The van der Waals surface area contributed by atoms with Gasteiger partial charge in [0.25, 0.3) is 5.91 Å². The summed E-state index contributed by atoms with van der Waals surface area (Å²) in [4.78, 5) is 10.8. The van der Waals surface area contributed by atoms with E-state index in [0.717, 1.165) is 5.56 Å². The van der Waals surface area contributed by atoms with Crippen LogP contribution in [0.25, 0.3) is 11.1 Å². The molecule has 8 heteroatoms. The van der Waals surface area contributed by atoms with Crippen LogP contribution in [0.5, 0.6) is 11.5 Å². The third-order valence-electron chi connectivity index (χ3n) is 4.17. The molecule has 0 bridgehead atoms. The lowest BCUT2D eigenvalue weighted by molar-refractivity contribution is -0.119. The molecule has 29 heavy (non-hydrogen) atoms. The van der Waals surface area contributed by atoms with Crippen LogP contribution in [-0.4, -0.2) is 17.6 Å². The van der Waals surface area contributed by atoms with E-state index < -0.39 is 11.7 Å². The molecule has 150 valence electrons. The van der Waals surface area contributed by atoms with Crippen LogP contribution in [0.4, 0.5) is 4.39 Å². The first-order valence-corrected chi connectivity index (χ1v) is 9.54. The Hall–Kier alpha value is -2.47. The zero-order chi connectivity index (χ0) is 21.1. The molecule has 0 aliphatic carbocycles.